The predicted octanol–water partition coefficient (Wildman–Crippen LogP) is 2.70. The first-order chi connectivity index (χ1) is 10.7. The lowest BCUT2D eigenvalue weighted by molar-refractivity contribution is -0.123. The van der Waals surface area contributed by atoms with E-state index in [9.17, 15) is 4.79 Å². The second kappa shape index (κ2) is 6.97. The lowest BCUT2D eigenvalue weighted by Crippen LogP contribution is -2.44. The van der Waals surface area contributed by atoms with Crippen molar-refractivity contribution in [3.05, 3.63) is 36.0 Å². The first kappa shape index (κ1) is 15.1. The van der Waals surface area contributed by atoms with Crippen LogP contribution in [0.25, 0.3) is 10.9 Å². The number of carbonyl (C=O) groups is 1. The Hall–Kier alpha value is -1.81. The van der Waals surface area contributed by atoms with E-state index in [0.29, 0.717) is 19.1 Å². The number of carbonyl (C=O) groups excluding carboxylic acids is 1. The van der Waals surface area contributed by atoms with E-state index < -0.39 is 0 Å². The van der Waals surface area contributed by atoms with E-state index in [1.165, 1.54) is 30.2 Å². The average molecular weight is 299 g/mol. The van der Waals surface area contributed by atoms with Crippen molar-refractivity contribution in [3.8, 4) is 0 Å². The molecule has 0 radical (unpaired) electrons. The van der Waals surface area contributed by atoms with Gasteiger partial charge in [0.05, 0.1) is 6.54 Å². The standard InChI is InChI=1S/C18H25N3O/c1-14-6-4-5-11-21(14)13-18(22)19-10-9-15-12-20-17-8-3-2-7-16(15)17/h2-3,7-8,12,14,20H,4-6,9-11,13H2,1H3,(H,19,22)/t14-/m1/s1. The summed E-state index contributed by atoms with van der Waals surface area (Å²) in [6, 6.07) is 8.82. The van der Waals surface area contributed by atoms with Gasteiger partial charge in [0.2, 0.25) is 5.91 Å². The molecule has 1 aliphatic heterocycles. The molecule has 22 heavy (non-hydrogen) atoms. The Labute approximate surface area is 131 Å². The summed E-state index contributed by atoms with van der Waals surface area (Å²) in [6.45, 7) is 4.51. The molecular weight excluding hydrogens is 274 g/mol. The number of fused-ring (bicyclic) bond motifs is 1. The van der Waals surface area contributed by atoms with E-state index in [4.69, 9.17) is 0 Å². The number of para-hydroxylation sites is 1. The van der Waals surface area contributed by atoms with Gasteiger partial charge in [-0.2, -0.15) is 0 Å². The lowest BCUT2D eigenvalue weighted by atomic mass is 10.0. The monoisotopic (exact) mass is 299 g/mol. The summed E-state index contributed by atoms with van der Waals surface area (Å²) in [5.41, 5.74) is 2.42. The molecule has 1 fully saturated rings. The highest BCUT2D eigenvalue weighted by atomic mass is 16.2. The number of hydrogen-bond donors (Lipinski definition) is 2. The van der Waals surface area contributed by atoms with Crippen molar-refractivity contribution in [2.45, 2.75) is 38.6 Å². The zero-order valence-corrected chi connectivity index (χ0v) is 13.3. The highest BCUT2D eigenvalue weighted by Crippen LogP contribution is 2.18. The number of aromatic nitrogens is 1. The Balaban J connectivity index is 1.47. The lowest BCUT2D eigenvalue weighted by Gasteiger charge is -2.32. The Kier molecular flexibility index (Phi) is 4.78. The summed E-state index contributed by atoms with van der Waals surface area (Å²) >= 11 is 0. The van der Waals surface area contributed by atoms with Crippen LogP contribution in [0.3, 0.4) is 0 Å². The van der Waals surface area contributed by atoms with E-state index in [1.54, 1.807) is 0 Å². The van der Waals surface area contributed by atoms with Crippen molar-refractivity contribution < 1.29 is 4.79 Å². The minimum atomic E-state index is 0.147. The number of nitrogens with zero attached hydrogens (tertiary/aromatic N) is 1. The Morgan fingerprint density at radius 1 is 1.36 bits per heavy atom. The van der Waals surface area contributed by atoms with Gasteiger partial charge in [-0.3, -0.25) is 9.69 Å². The zero-order chi connectivity index (χ0) is 15.4. The van der Waals surface area contributed by atoms with Crippen LogP contribution in [0.5, 0.6) is 0 Å². The third kappa shape index (κ3) is 3.50. The third-order valence-corrected chi connectivity index (χ3v) is 4.68. The molecule has 0 spiro atoms. The molecule has 2 heterocycles. The molecule has 1 aliphatic rings. The minimum Gasteiger partial charge on any atom is -0.361 e. The molecule has 1 amide bonds. The molecule has 0 bridgehead atoms. The number of aromatic amines is 1. The van der Waals surface area contributed by atoms with Crippen LogP contribution >= 0.6 is 0 Å². The summed E-state index contributed by atoms with van der Waals surface area (Å²) in [6.07, 6.45) is 6.63. The van der Waals surface area contributed by atoms with E-state index in [0.717, 1.165) is 18.5 Å². The molecule has 3 rings (SSSR count). The maximum Gasteiger partial charge on any atom is 0.234 e. The van der Waals surface area contributed by atoms with E-state index in [1.807, 2.05) is 12.3 Å². The van der Waals surface area contributed by atoms with Gasteiger partial charge >= 0.3 is 0 Å². The number of piperidine rings is 1. The van der Waals surface area contributed by atoms with Gasteiger partial charge in [-0.1, -0.05) is 24.6 Å². The number of likely N-dealkylation sites (tertiary alicyclic amines) is 1. The maximum atomic E-state index is 12.1. The van der Waals surface area contributed by atoms with Crippen LogP contribution < -0.4 is 5.32 Å². The first-order valence-electron chi connectivity index (χ1n) is 8.30. The van der Waals surface area contributed by atoms with Gasteiger partial charge in [-0.15, -0.1) is 0 Å². The molecule has 0 unspecified atom stereocenters. The average Bonchev–Trinajstić information content (AvgIpc) is 2.93. The van der Waals surface area contributed by atoms with Crippen molar-refractivity contribution in [1.29, 1.82) is 0 Å². The van der Waals surface area contributed by atoms with Crippen LogP contribution in [-0.2, 0) is 11.2 Å². The van der Waals surface area contributed by atoms with Gasteiger partial charge in [0.25, 0.3) is 0 Å². The van der Waals surface area contributed by atoms with Crippen LogP contribution in [0.4, 0.5) is 0 Å². The summed E-state index contributed by atoms with van der Waals surface area (Å²) in [7, 11) is 0. The quantitative estimate of drug-likeness (QED) is 0.892. The molecule has 1 aromatic carbocycles. The highest BCUT2D eigenvalue weighted by Gasteiger charge is 2.20. The molecule has 1 aromatic heterocycles. The highest BCUT2D eigenvalue weighted by molar-refractivity contribution is 5.83. The third-order valence-electron chi connectivity index (χ3n) is 4.68. The second-order valence-electron chi connectivity index (χ2n) is 6.27. The van der Waals surface area contributed by atoms with Crippen LogP contribution in [-0.4, -0.2) is 41.5 Å². The van der Waals surface area contributed by atoms with Crippen molar-refractivity contribution in [2.24, 2.45) is 0 Å². The summed E-state index contributed by atoms with van der Waals surface area (Å²) in [4.78, 5) is 17.7. The van der Waals surface area contributed by atoms with Gasteiger partial charge in [0.1, 0.15) is 0 Å². The predicted molar refractivity (Wildman–Crippen MR) is 89.9 cm³/mol. The van der Waals surface area contributed by atoms with Gasteiger partial charge in [0.15, 0.2) is 0 Å². The Morgan fingerprint density at radius 3 is 3.09 bits per heavy atom. The van der Waals surface area contributed by atoms with Gasteiger partial charge in [-0.25, -0.2) is 0 Å². The SMILES string of the molecule is C[C@@H]1CCCCN1CC(=O)NCCc1c[nH]c2ccccc12. The summed E-state index contributed by atoms with van der Waals surface area (Å²) < 4.78 is 0. The fraction of sp³-hybridized carbons (Fsp3) is 0.500. The second-order valence-corrected chi connectivity index (χ2v) is 6.27. The maximum absolute atomic E-state index is 12.1. The molecule has 0 saturated carbocycles. The van der Waals surface area contributed by atoms with E-state index >= 15 is 0 Å². The number of amides is 1. The molecule has 0 aliphatic carbocycles. The number of H-pyrrole nitrogens is 1. The Bertz CT molecular complexity index is 634. The first-order valence-corrected chi connectivity index (χ1v) is 8.30. The van der Waals surface area contributed by atoms with Crippen molar-refractivity contribution in [3.63, 3.8) is 0 Å². The summed E-state index contributed by atoms with van der Waals surface area (Å²) in [5, 5.41) is 4.31. The molecule has 118 valence electrons. The number of benzene rings is 1. The van der Waals surface area contributed by atoms with E-state index in [-0.39, 0.29) is 5.91 Å². The number of nitrogens with one attached hydrogen (secondary N) is 2. The fourth-order valence-corrected chi connectivity index (χ4v) is 3.31. The van der Waals surface area contributed by atoms with Crippen molar-refractivity contribution >= 4 is 16.8 Å². The van der Waals surface area contributed by atoms with Crippen LogP contribution in [0.15, 0.2) is 30.5 Å². The molecule has 1 atom stereocenters. The topological polar surface area (TPSA) is 48.1 Å². The minimum absolute atomic E-state index is 0.147. The van der Waals surface area contributed by atoms with Gasteiger partial charge in [0, 0.05) is 29.7 Å². The van der Waals surface area contributed by atoms with Gasteiger partial charge < -0.3 is 10.3 Å². The zero-order valence-electron chi connectivity index (χ0n) is 13.3. The number of hydrogen-bond acceptors (Lipinski definition) is 2. The normalized spacial score (nSPS) is 19.4. The smallest absolute Gasteiger partial charge is 0.234 e. The molecule has 2 aromatic rings. The molecule has 4 nitrogen and oxygen atoms in total. The molecule has 1 saturated heterocycles. The van der Waals surface area contributed by atoms with Gasteiger partial charge in [-0.05, 0) is 44.4 Å². The van der Waals surface area contributed by atoms with Crippen molar-refractivity contribution in [1.82, 2.24) is 15.2 Å². The number of rotatable bonds is 5. The fourth-order valence-electron chi connectivity index (χ4n) is 3.31. The Morgan fingerprint density at radius 2 is 2.23 bits per heavy atom. The molecule has 4 heteroatoms. The summed E-state index contributed by atoms with van der Waals surface area (Å²) in [5.74, 6) is 0.147. The van der Waals surface area contributed by atoms with Crippen LogP contribution in [0, 0.1) is 0 Å². The largest absolute Gasteiger partial charge is 0.361 e. The molecule has 2 N–H and O–H groups in total. The van der Waals surface area contributed by atoms with E-state index in [2.05, 4.69) is 40.3 Å². The van der Waals surface area contributed by atoms with Crippen LogP contribution in [0.2, 0.25) is 0 Å². The molecular formula is C18H25N3O. The van der Waals surface area contributed by atoms with Crippen LogP contribution in [0.1, 0.15) is 31.7 Å². The van der Waals surface area contributed by atoms with Crippen molar-refractivity contribution in [2.75, 3.05) is 19.6 Å².